The molecule has 4 nitrogen and oxygen atoms in total. The molecule has 0 atom stereocenters. The zero-order chi connectivity index (χ0) is 14.8. The fourth-order valence-electron chi connectivity index (χ4n) is 1.84. The highest BCUT2D eigenvalue weighted by Gasteiger charge is 2.07. The standard InChI is InChI=1S/C15H12ClN3OS/c1-9-12(16)3-2-4-13(9)20-11-7-5-10(6-8-11)14-18-19-15(17)21-14/h2-8H,1H3,(H2,17,19). The second kappa shape index (κ2) is 5.71. The Morgan fingerprint density at radius 2 is 1.86 bits per heavy atom. The molecule has 0 fully saturated rings. The van der Waals surface area contributed by atoms with Crippen molar-refractivity contribution in [3.05, 3.63) is 53.1 Å². The van der Waals surface area contributed by atoms with Gasteiger partial charge in [-0.1, -0.05) is 29.0 Å². The number of ether oxygens (including phenoxy) is 1. The smallest absolute Gasteiger partial charge is 0.203 e. The van der Waals surface area contributed by atoms with Crippen LogP contribution in [0.1, 0.15) is 5.56 Å². The highest BCUT2D eigenvalue weighted by molar-refractivity contribution is 7.18. The topological polar surface area (TPSA) is 61.0 Å². The van der Waals surface area contributed by atoms with Gasteiger partial charge in [0.2, 0.25) is 5.13 Å². The summed E-state index contributed by atoms with van der Waals surface area (Å²) in [5.41, 5.74) is 7.46. The van der Waals surface area contributed by atoms with E-state index in [9.17, 15) is 0 Å². The van der Waals surface area contributed by atoms with Crippen molar-refractivity contribution in [2.75, 3.05) is 5.73 Å². The highest BCUT2D eigenvalue weighted by Crippen LogP contribution is 2.31. The molecular weight excluding hydrogens is 306 g/mol. The molecule has 0 bridgehead atoms. The Balaban J connectivity index is 1.83. The molecular formula is C15H12ClN3OS. The summed E-state index contributed by atoms with van der Waals surface area (Å²) >= 11 is 7.43. The van der Waals surface area contributed by atoms with E-state index >= 15 is 0 Å². The Labute approximate surface area is 131 Å². The van der Waals surface area contributed by atoms with Gasteiger partial charge in [-0.2, -0.15) is 0 Å². The third-order valence-electron chi connectivity index (χ3n) is 2.99. The van der Waals surface area contributed by atoms with Crippen LogP contribution in [-0.2, 0) is 0 Å². The Hall–Kier alpha value is -2.11. The summed E-state index contributed by atoms with van der Waals surface area (Å²) in [4.78, 5) is 0. The SMILES string of the molecule is Cc1c(Cl)cccc1Oc1ccc(-c2nnc(N)s2)cc1. The van der Waals surface area contributed by atoms with E-state index in [4.69, 9.17) is 22.1 Å². The Bertz CT molecular complexity index is 771. The van der Waals surface area contributed by atoms with Crippen LogP contribution >= 0.6 is 22.9 Å². The monoisotopic (exact) mass is 317 g/mol. The lowest BCUT2D eigenvalue weighted by molar-refractivity contribution is 0.479. The predicted molar refractivity (Wildman–Crippen MR) is 86.0 cm³/mol. The average Bonchev–Trinajstić information content (AvgIpc) is 2.91. The zero-order valence-corrected chi connectivity index (χ0v) is 12.8. The van der Waals surface area contributed by atoms with Crippen molar-refractivity contribution < 1.29 is 4.74 Å². The second-order valence-electron chi connectivity index (χ2n) is 4.43. The number of hydrogen-bond acceptors (Lipinski definition) is 5. The second-order valence-corrected chi connectivity index (χ2v) is 5.85. The van der Waals surface area contributed by atoms with Gasteiger partial charge in [0.05, 0.1) is 0 Å². The maximum Gasteiger partial charge on any atom is 0.203 e. The first-order valence-corrected chi connectivity index (χ1v) is 7.45. The van der Waals surface area contributed by atoms with Gasteiger partial charge in [0, 0.05) is 16.1 Å². The van der Waals surface area contributed by atoms with Gasteiger partial charge in [0.25, 0.3) is 0 Å². The number of hydrogen-bond donors (Lipinski definition) is 1. The number of halogens is 1. The minimum absolute atomic E-state index is 0.458. The fourth-order valence-corrected chi connectivity index (χ4v) is 2.62. The molecule has 0 spiro atoms. The molecule has 0 amide bonds. The van der Waals surface area contributed by atoms with E-state index in [1.165, 1.54) is 11.3 Å². The van der Waals surface area contributed by atoms with Gasteiger partial charge in [-0.15, -0.1) is 10.2 Å². The van der Waals surface area contributed by atoms with Gasteiger partial charge >= 0.3 is 0 Å². The van der Waals surface area contributed by atoms with E-state index in [0.29, 0.717) is 10.2 Å². The summed E-state index contributed by atoms with van der Waals surface area (Å²) in [5, 5.41) is 9.75. The maximum atomic E-state index is 6.08. The molecule has 0 radical (unpaired) electrons. The number of rotatable bonds is 3. The molecule has 0 aliphatic rings. The van der Waals surface area contributed by atoms with E-state index in [-0.39, 0.29) is 0 Å². The number of benzene rings is 2. The molecule has 1 aromatic heterocycles. The number of nitrogens with zero attached hydrogens (tertiary/aromatic N) is 2. The van der Waals surface area contributed by atoms with Crippen LogP contribution in [0.4, 0.5) is 5.13 Å². The van der Waals surface area contributed by atoms with Crippen LogP contribution in [-0.4, -0.2) is 10.2 Å². The van der Waals surface area contributed by atoms with Crippen molar-refractivity contribution in [2.24, 2.45) is 0 Å². The largest absolute Gasteiger partial charge is 0.457 e. The molecule has 21 heavy (non-hydrogen) atoms. The zero-order valence-electron chi connectivity index (χ0n) is 11.2. The number of anilines is 1. The van der Waals surface area contributed by atoms with E-state index < -0.39 is 0 Å². The summed E-state index contributed by atoms with van der Waals surface area (Å²) in [6, 6.07) is 13.2. The van der Waals surface area contributed by atoms with Crippen LogP contribution in [0.3, 0.4) is 0 Å². The number of nitrogen functional groups attached to an aromatic ring is 1. The lowest BCUT2D eigenvalue weighted by atomic mass is 10.2. The first kappa shape index (κ1) is 13.9. The Morgan fingerprint density at radius 3 is 2.52 bits per heavy atom. The molecule has 0 saturated carbocycles. The molecule has 0 saturated heterocycles. The molecule has 3 rings (SSSR count). The summed E-state index contributed by atoms with van der Waals surface area (Å²) in [6.45, 7) is 1.93. The van der Waals surface area contributed by atoms with Gasteiger partial charge in [0.1, 0.15) is 16.5 Å². The van der Waals surface area contributed by atoms with Crippen LogP contribution in [0.5, 0.6) is 11.5 Å². The van der Waals surface area contributed by atoms with Gasteiger partial charge in [-0.05, 0) is 43.3 Å². The molecule has 3 aromatic rings. The summed E-state index contributed by atoms with van der Waals surface area (Å²) in [6.07, 6.45) is 0. The minimum atomic E-state index is 0.458. The Morgan fingerprint density at radius 1 is 1.10 bits per heavy atom. The molecule has 0 aliphatic heterocycles. The summed E-state index contributed by atoms with van der Waals surface area (Å²) < 4.78 is 5.84. The first-order valence-electron chi connectivity index (χ1n) is 6.26. The van der Waals surface area contributed by atoms with E-state index in [1.807, 2.05) is 49.4 Å². The fraction of sp³-hybridized carbons (Fsp3) is 0.0667. The third kappa shape index (κ3) is 2.99. The third-order valence-corrected chi connectivity index (χ3v) is 4.20. The lowest BCUT2D eigenvalue weighted by Gasteiger charge is -2.09. The average molecular weight is 318 g/mol. The normalized spacial score (nSPS) is 10.6. The first-order chi connectivity index (χ1) is 10.1. The van der Waals surface area contributed by atoms with Crippen LogP contribution < -0.4 is 10.5 Å². The van der Waals surface area contributed by atoms with E-state index in [0.717, 1.165) is 27.6 Å². The van der Waals surface area contributed by atoms with Crippen LogP contribution in [0.2, 0.25) is 5.02 Å². The van der Waals surface area contributed by atoms with Gasteiger partial charge in [0.15, 0.2) is 0 Å². The van der Waals surface area contributed by atoms with Crippen molar-refractivity contribution in [1.82, 2.24) is 10.2 Å². The van der Waals surface area contributed by atoms with Gasteiger partial charge < -0.3 is 10.5 Å². The quantitative estimate of drug-likeness (QED) is 0.770. The van der Waals surface area contributed by atoms with E-state index in [1.54, 1.807) is 0 Å². The van der Waals surface area contributed by atoms with Crippen molar-refractivity contribution in [2.45, 2.75) is 6.92 Å². The van der Waals surface area contributed by atoms with Crippen LogP contribution in [0, 0.1) is 6.92 Å². The van der Waals surface area contributed by atoms with Crippen molar-refractivity contribution in [3.63, 3.8) is 0 Å². The lowest BCUT2D eigenvalue weighted by Crippen LogP contribution is -1.88. The van der Waals surface area contributed by atoms with Crippen molar-refractivity contribution >= 4 is 28.1 Å². The van der Waals surface area contributed by atoms with Crippen LogP contribution in [0.25, 0.3) is 10.6 Å². The summed E-state index contributed by atoms with van der Waals surface area (Å²) in [5.74, 6) is 1.48. The highest BCUT2D eigenvalue weighted by atomic mass is 35.5. The molecule has 2 aromatic carbocycles. The molecule has 106 valence electrons. The van der Waals surface area contributed by atoms with Crippen molar-refractivity contribution in [1.29, 1.82) is 0 Å². The molecule has 2 N–H and O–H groups in total. The maximum absolute atomic E-state index is 6.08. The molecule has 1 heterocycles. The molecule has 0 aliphatic carbocycles. The Kier molecular flexibility index (Phi) is 3.77. The number of aromatic nitrogens is 2. The van der Waals surface area contributed by atoms with Crippen molar-refractivity contribution in [3.8, 4) is 22.1 Å². The minimum Gasteiger partial charge on any atom is -0.457 e. The predicted octanol–water partition coefficient (Wildman–Crippen LogP) is 4.54. The van der Waals surface area contributed by atoms with Crippen LogP contribution in [0.15, 0.2) is 42.5 Å². The molecule has 0 unspecified atom stereocenters. The van der Waals surface area contributed by atoms with E-state index in [2.05, 4.69) is 10.2 Å². The van der Waals surface area contributed by atoms with Gasteiger partial charge in [-0.3, -0.25) is 0 Å². The van der Waals surface area contributed by atoms with Gasteiger partial charge in [-0.25, -0.2) is 0 Å². The molecule has 6 heteroatoms. The number of nitrogens with two attached hydrogens (primary N) is 1. The summed E-state index contributed by atoms with van der Waals surface area (Å²) in [7, 11) is 0.